The Morgan fingerprint density at radius 3 is 2.45 bits per heavy atom. The van der Waals surface area contributed by atoms with Crippen LogP contribution in [0.5, 0.6) is 0 Å². The van der Waals surface area contributed by atoms with Crippen LogP contribution >= 0.6 is 24.8 Å². The molecule has 1 aliphatic heterocycles. The molecule has 1 aromatic carbocycles. The molecule has 1 saturated heterocycles. The molecule has 0 amide bonds. The highest BCUT2D eigenvalue weighted by molar-refractivity contribution is 5.85. The fourth-order valence-corrected chi connectivity index (χ4v) is 2.70. The number of nitrogens with one attached hydrogen (secondary N) is 1. The lowest BCUT2D eigenvalue weighted by atomic mass is 9.98. The van der Waals surface area contributed by atoms with Crippen molar-refractivity contribution in [2.45, 2.75) is 32.7 Å². The Hall–Kier alpha value is -0.350. The third kappa shape index (κ3) is 4.88. The van der Waals surface area contributed by atoms with Crippen molar-refractivity contribution in [2.24, 2.45) is 0 Å². The highest BCUT2D eigenvalue weighted by atomic mass is 35.5. The van der Waals surface area contributed by atoms with E-state index >= 15 is 0 Å². The van der Waals surface area contributed by atoms with Crippen molar-refractivity contribution >= 4 is 24.8 Å². The minimum atomic E-state index is -0.102. The highest BCUT2D eigenvalue weighted by Gasteiger charge is 2.21. The van der Waals surface area contributed by atoms with Crippen molar-refractivity contribution < 1.29 is 4.39 Å². The maximum atomic E-state index is 13.4. The van der Waals surface area contributed by atoms with E-state index in [2.05, 4.69) is 17.1 Å². The molecule has 1 heterocycles. The fourth-order valence-electron chi connectivity index (χ4n) is 2.70. The monoisotopic (exact) mass is 322 g/mol. The van der Waals surface area contributed by atoms with Crippen molar-refractivity contribution in [1.82, 2.24) is 10.2 Å². The average molecular weight is 323 g/mol. The van der Waals surface area contributed by atoms with E-state index in [0.29, 0.717) is 6.04 Å². The van der Waals surface area contributed by atoms with E-state index in [4.69, 9.17) is 0 Å². The van der Waals surface area contributed by atoms with Gasteiger partial charge in [-0.2, -0.15) is 0 Å². The molecule has 5 heteroatoms. The van der Waals surface area contributed by atoms with Crippen LogP contribution in [0.4, 0.5) is 4.39 Å². The smallest absolute Gasteiger partial charge is 0.126 e. The van der Waals surface area contributed by atoms with Crippen LogP contribution in [-0.4, -0.2) is 31.1 Å². The summed E-state index contributed by atoms with van der Waals surface area (Å²) in [7, 11) is 0. The van der Waals surface area contributed by atoms with Crippen LogP contribution in [0.1, 0.15) is 36.9 Å². The van der Waals surface area contributed by atoms with Gasteiger partial charge in [0.2, 0.25) is 0 Å². The lowest BCUT2D eigenvalue weighted by Gasteiger charge is -2.35. The minimum absolute atomic E-state index is 0. The maximum Gasteiger partial charge on any atom is 0.126 e. The quantitative estimate of drug-likeness (QED) is 0.908. The second kappa shape index (κ2) is 9.56. The number of benzene rings is 1. The van der Waals surface area contributed by atoms with Crippen molar-refractivity contribution in [2.75, 3.05) is 26.2 Å². The Balaban J connectivity index is 0.00000180. The van der Waals surface area contributed by atoms with E-state index in [-0.39, 0.29) is 30.6 Å². The Kier molecular flexibility index (Phi) is 9.39. The van der Waals surface area contributed by atoms with Gasteiger partial charge in [0.1, 0.15) is 5.82 Å². The number of nitrogens with zero attached hydrogens (tertiary/aromatic N) is 1. The molecule has 0 aliphatic carbocycles. The van der Waals surface area contributed by atoms with Gasteiger partial charge in [0.05, 0.1) is 0 Å². The van der Waals surface area contributed by atoms with Gasteiger partial charge in [0.25, 0.3) is 0 Å². The summed E-state index contributed by atoms with van der Waals surface area (Å²) < 4.78 is 13.4. The van der Waals surface area contributed by atoms with Crippen molar-refractivity contribution in [3.05, 3.63) is 35.1 Å². The van der Waals surface area contributed by atoms with Crippen LogP contribution in [0, 0.1) is 12.7 Å². The lowest BCUT2D eigenvalue weighted by molar-refractivity contribution is 0.164. The predicted octanol–water partition coefficient (Wildman–Crippen LogP) is 3.72. The molecular weight excluding hydrogens is 298 g/mol. The van der Waals surface area contributed by atoms with Gasteiger partial charge in [-0.3, -0.25) is 4.90 Å². The van der Waals surface area contributed by atoms with Gasteiger partial charge in [-0.05, 0) is 30.5 Å². The summed E-state index contributed by atoms with van der Waals surface area (Å²) in [6.07, 6.45) is 2.30. The first-order valence-corrected chi connectivity index (χ1v) is 6.93. The van der Waals surface area contributed by atoms with E-state index in [9.17, 15) is 4.39 Å². The summed E-state index contributed by atoms with van der Waals surface area (Å²) in [5.74, 6) is -0.102. The summed E-state index contributed by atoms with van der Waals surface area (Å²) in [4.78, 5) is 2.52. The molecule has 1 aliphatic rings. The number of piperazine rings is 1. The standard InChI is InChI=1S/C15H23FN2.2ClH/c1-3-4-15(18-9-7-17-8-10-18)13-5-6-14(16)12(2)11-13;;/h5-6,11,15,17H,3-4,7-10H2,1-2H3;2*1H/t15-;;/m0../s1. The molecule has 1 atom stereocenters. The molecule has 116 valence electrons. The van der Waals surface area contributed by atoms with E-state index < -0.39 is 0 Å². The van der Waals surface area contributed by atoms with Gasteiger partial charge in [-0.1, -0.05) is 25.5 Å². The van der Waals surface area contributed by atoms with E-state index in [1.807, 2.05) is 19.1 Å². The summed E-state index contributed by atoms with van der Waals surface area (Å²) in [6, 6.07) is 6.01. The maximum absolute atomic E-state index is 13.4. The first-order chi connectivity index (χ1) is 8.72. The Labute approximate surface area is 133 Å². The summed E-state index contributed by atoms with van der Waals surface area (Å²) in [5.41, 5.74) is 2.02. The Morgan fingerprint density at radius 2 is 1.90 bits per heavy atom. The zero-order valence-electron chi connectivity index (χ0n) is 12.2. The second-order valence-corrected chi connectivity index (χ2v) is 5.10. The topological polar surface area (TPSA) is 15.3 Å². The molecule has 0 unspecified atom stereocenters. The minimum Gasteiger partial charge on any atom is -0.314 e. The van der Waals surface area contributed by atoms with Crippen molar-refractivity contribution in [3.63, 3.8) is 0 Å². The van der Waals surface area contributed by atoms with Gasteiger partial charge in [0, 0.05) is 32.2 Å². The molecule has 1 N–H and O–H groups in total. The van der Waals surface area contributed by atoms with E-state index in [0.717, 1.165) is 44.6 Å². The van der Waals surface area contributed by atoms with Gasteiger partial charge in [0.15, 0.2) is 0 Å². The summed E-state index contributed by atoms with van der Waals surface area (Å²) in [6.45, 7) is 8.34. The van der Waals surface area contributed by atoms with Gasteiger partial charge in [-0.25, -0.2) is 4.39 Å². The number of hydrogen-bond acceptors (Lipinski definition) is 2. The van der Waals surface area contributed by atoms with Crippen LogP contribution < -0.4 is 5.32 Å². The predicted molar refractivity (Wildman–Crippen MR) is 87.7 cm³/mol. The number of hydrogen-bond donors (Lipinski definition) is 1. The van der Waals surface area contributed by atoms with Gasteiger partial charge >= 0.3 is 0 Å². The molecule has 0 saturated carbocycles. The molecule has 0 spiro atoms. The normalized spacial score (nSPS) is 16.9. The Bertz CT molecular complexity index is 395. The zero-order valence-corrected chi connectivity index (χ0v) is 13.8. The molecule has 2 nitrogen and oxygen atoms in total. The molecule has 1 fully saturated rings. The van der Waals surface area contributed by atoms with Crippen LogP contribution in [0.2, 0.25) is 0 Å². The van der Waals surface area contributed by atoms with Crippen LogP contribution in [0.3, 0.4) is 0 Å². The van der Waals surface area contributed by atoms with Crippen LogP contribution in [0.25, 0.3) is 0 Å². The molecule has 2 rings (SSSR count). The lowest BCUT2D eigenvalue weighted by Crippen LogP contribution is -2.45. The third-order valence-electron chi connectivity index (χ3n) is 3.72. The summed E-state index contributed by atoms with van der Waals surface area (Å²) >= 11 is 0. The first kappa shape index (κ1) is 19.7. The largest absolute Gasteiger partial charge is 0.314 e. The van der Waals surface area contributed by atoms with Crippen LogP contribution in [0.15, 0.2) is 18.2 Å². The van der Waals surface area contributed by atoms with E-state index in [1.54, 1.807) is 6.07 Å². The Morgan fingerprint density at radius 1 is 1.25 bits per heavy atom. The van der Waals surface area contributed by atoms with Crippen molar-refractivity contribution in [1.29, 1.82) is 0 Å². The molecule has 0 bridgehead atoms. The molecular formula is C15H25Cl2FN2. The van der Waals surface area contributed by atoms with Gasteiger partial charge < -0.3 is 5.32 Å². The molecule has 0 radical (unpaired) electrons. The van der Waals surface area contributed by atoms with Gasteiger partial charge in [-0.15, -0.1) is 24.8 Å². The number of halogens is 3. The average Bonchev–Trinajstić information content (AvgIpc) is 2.40. The highest BCUT2D eigenvalue weighted by Crippen LogP contribution is 2.27. The molecule has 0 aromatic heterocycles. The first-order valence-electron chi connectivity index (χ1n) is 6.93. The second-order valence-electron chi connectivity index (χ2n) is 5.10. The van der Waals surface area contributed by atoms with Crippen molar-refractivity contribution in [3.8, 4) is 0 Å². The third-order valence-corrected chi connectivity index (χ3v) is 3.72. The summed E-state index contributed by atoms with van der Waals surface area (Å²) in [5, 5.41) is 3.38. The SMILES string of the molecule is CCC[C@@H](c1ccc(F)c(C)c1)N1CCNCC1.Cl.Cl. The number of aryl methyl sites for hydroxylation is 1. The fraction of sp³-hybridized carbons (Fsp3) is 0.600. The molecule has 20 heavy (non-hydrogen) atoms. The van der Waals surface area contributed by atoms with E-state index in [1.165, 1.54) is 5.56 Å². The zero-order chi connectivity index (χ0) is 13.0. The molecule has 1 aromatic rings. The van der Waals surface area contributed by atoms with Crippen LogP contribution in [-0.2, 0) is 0 Å². The number of rotatable bonds is 4.